The predicted molar refractivity (Wildman–Crippen MR) is 119 cm³/mol. The fourth-order valence-corrected chi connectivity index (χ4v) is 4.91. The molecule has 1 aliphatic rings. The summed E-state index contributed by atoms with van der Waals surface area (Å²) in [5.74, 6) is 0.00105. The minimum absolute atomic E-state index is 0.00105. The van der Waals surface area contributed by atoms with Crippen LogP contribution in [0.3, 0.4) is 0 Å². The number of nitrogens with one attached hydrogen (secondary N) is 1. The third-order valence-corrected chi connectivity index (χ3v) is 6.51. The van der Waals surface area contributed by atoms with Crippen LogP contribution in [0, 0.1) is 0 Å². The van der Waals surface area contributed by atoms with Crippen molar-refractivity contribution in [2.24, 2.45) is 0 Å². The summed E-state index contributed by atoms with van der Waals surface area (Å²) in [4.78, 5) is 19.7. The van der Waals surface area contributed by atoms with Crippen molar-refractivity contribution < 1.29 is 4.79 Å². The molecule has 0 unspecified atom stereocenters. The van der Waals surface area contributed by atoms with Gasteiger partial charge >= 0.3 is 0 Å². The first kappa shape index (κ1) is 20.1. The van der Waals surface area contributed by atoms with Crippen LogP contribution in [0.2, 0.25) is 5.02 Å². The van der Waals surface area contributed by atoms with Gasteiger partial charge in [-0.2, -0.15) is 0 Å². The summed E-state index contributed by atoms with van der Waals surface area (Å²) in [5, 5.41) is 6.58. The molecule has 4 nitrogen and oxygen atoms in total. The number of carbonyl (C=O) groups is 1. The van der Waals surface area contributed by atoms with Gasteiger partial charge in [-0.3, -0.25) is 9.69 Å². The molecule has 4 rings (SSSR count). The molecule has 1 aromatic heterocycles. The molecule has 0 radical (unpaired) electrons. The monoisotopic (exact) mass is 425 g/mol. The van der Waals surface area contributed by atoms with Crippen LogP contribution in [0.15, 0.2) is 60.0 Å². The largest absolute Gasteiger partial charge is 0.354 e. The number of rotatable bonds is 7. The standard InChI is InChI=1S/C23H24ClN3OS/c24-20-11-5-4-10-19(20)23-26-18(16-29-23)14-22(28)25-15-21(27-12-6-7-13-27)17-8-2-1-3-9-17/h1-5,8-11,16,21H,6-7,12-15H2,(H,25,28)/t21-/m0/s1. The van der Waals surface area contributed by atoms with Gasteiger partial charge in [-0.25, -0.2) is 4.98 Å². The van der Waals surface area contributed by atoms with Crippen LogP contribution in [-0.4, -0.2) is 35.4 Å². The zero-order valence-electron chi connectivity index (χ0n) is 16.2. The normalized spacial score (nSPS) is 15.3. The SMILES string of the molecule is O=C(Cc1csc(-c2ccccc2Cl)n1)NC[C@@H](c1ccccc1)N1CCCC1. The molecule has 29 heavy (non-hydrogen) atoms. The molecule has 3 aromatic rings. The molecule has 1 aliphatic heterocycles. The van der Waals surface area contributed by atoms with E-state index in [1.54, 1.807) is 0 Å². The van der Waals surface area contributed by atoms with Crippen molar-refractivity contribution in [2.75, 3.05) is 19.6 Å². The number of nitrogens with zero attached hydrogens (tertiary/aromatic N) is 2. The second kappa shape index (κ2) is 9.53. The predicted octanol–water partition coefficient (Wildman–Crippen LogP) is 4.96. The van der Waals surface area contributed by atoms with Crippen LogP contribution < -0.4 is 5.32 Å². The summed E-state index contributed by atoms with van der Waals surface area (Å²) in [6, 6.07) is 18.3. The molecule has 0 saturated carbocycles. The highest BCUT2D eigenvalue weighted by atomic mass is 35.5. The Morgan fingerprint density at radius 3 is 2.59 bits per heavy atom. The molecule has 2 heterocycles. The lowest BCUT2D eigenvalue weighted by molar-refractivity contribution is -0.120. The van der Waals surface area contributed by atoms with E-state index in [9.17, 15) is 4.79 Å². The Labute approximate surface area is 180 Å². The summed E-state index contributed by atoms with van der Waals surface area (Å²) < 4.78 is 0. The van der Waals surface area contributed by atoms with Crippen molar-refractivity contribution in [2.45, 2.75) is 25.3 Å². The average molecular weight is 426 g/mol. The zero-order chi connectivity index (χ0) is 20.1. The Bertz CT molecular complexity index is 954. The summed E-state index contributed by atoms with van der Waals surface area (Å²) in [6.07, 6.45) is 2.73. The van der Waals surface area contributed by atoms with Crippen molar-refractivity contribution in [1.82, 2.24) is 15.2 Å². The van der Waals surface area contributed by atoms with Gasteiger partial charge in [-0.15, -0.1) is 11.3 Å². The van der Waals surface area contributed by atoms with Crippen molar-refractivity contribution in [3.8, 4) is 10.6 Å². The van der Waals surface area contributed by atoms with E-state index < -0.39 is 0 Å². The Morgan fingerprint density at radius 2 is 1.83 bits per heavy atom. The van der Waals surface area contributed by atoms with Gasteiger partial charge in [0.1, 0.15) is 5.01 Å². The van der Waals surface area contributed by atoms with Crippen molar-refractivity contribution in [3.05, 3.63) is 76.3 Å². The van der Waals surface area contributed by atoms with E-state index in [0.29, 0.717) is 11.6 Å². The van der Waals surface area contributed by atoms with E-state index in [0.717, 1.165) is 29.4 Å². The Balaban J connectivity index is 1.38. The number of thiazole rings is 1. The molecule has 6 heteroatoms. The van der Waals surface area contributed by atoms with Gasteiger partial charge < -0.3 is 5.32 Å². The summed E-state index contributed by atoms with van der Waals surface area (Å²) >= 11 is 7.78. The Kier molecular flexibility index (Phi) is 6.60. The summed E-state index contributed by atoms with van der Waals surface area (Å²) in [5.41, 5.74) is 2.94. The highest BCUT2D eigenvalue weighted by Crippen LogP contribution is 2.30. The maximum atomic E-state index is 12.6. The maximum absolute atomic E-state index is 12.6. The minimum atomic E-state index is 0.00105. The number of hydrogen-bond donors (Lipinski definition) is 1. The van der Waals surface area contributed by atoms with Crippen LogP contribution in [0.4, 0.5) is 0 Å². The average Bonchev–Trinajstić information content (AvgIpc) is 3.42. The lowest BCUT2D eigenvalue weighted by Gasteiger charge is -2.28. The molecule has 0 spiro atoms. The molecular formula is C23H24ClN3OS. The first-order chi connectivity index (χ1) is 14.2. The van der Waals surface area contributed by atoms with Gasteiger partial charge in [0.25, 0.3) is 0 Å². The van der Waals surface area contributed by atoms with Gasteiger partial charge in [0.2, 0.25) is 5.91 Å². The molecular weight excluding hydrogens is 402 g/mol. The van der Waals surface area contributed by atoms with Crippen LogP contribution in [0.5, 0.6) is 0 Å². The van der Waals surface area contributed by atoms with Gasteiger partial charge in [0.15, 0.2) is 0 Å². The molecule has 1 amide bonds. The molecule has 0 aliphatic carbocycles. The van der Waals surface area contributed by atoms with Crippen LogP contribution in [0.1, 0.15) is 30.1 Å². The fourth-order valence-electron chi connectivity index (χ4n) is 3.77. The number of benzene rings is 2. The number of likely N-dealkylation sites (tertiary alicyclic amines) is 1. The van der Waals surface area contributed by atoms with Gasteiger partial charge in [-0.1, -0.05) is 60.1 Å². The number of halogens is 1. The fraction of sp³-hybridized carbons (Fsp3) is 0.304. The second-order valence-electron chi connectivity index (χ2n) is 7.27. The first-order valence-corrected chi connectivity index (χ1v) is 11.2. The summed E-state index contributed by atoms with van der Waals surface area (Å²) in [6.45, 7) is 2.79. The quantitative estimate of drug-likeness (QED) is 0.581. The van der Waals surface area contributed by atoms with Crippen LogP contribution in [-0.2, 0) is 11.2 Å². The number of amides is 1. The molecule has 1 saturated heterocycles. The number of carbonyl (C=O) groups excluding carboxylic acids is 1. The molecule has 2 aromatic carbocycles. The van der Waals surface area contributed by atoms with E-state index in [2.05, 4.69) is 39.5 Å². The topological polar surface area (TPSA) is 45.2 Å². The highest BCUT2D eigenvalue weighted by molar-refractivity contribution is 7.13. The highest BCUT2D eigenvalue weighted by Gasteiger charge is 2.24. The van der Waals surface area contributed by atoms with Crippen molar-refractivity contribution in [3.63, 3.8) is 0 Å². The maximum Gasteiger partial charge on any atom is 0.226 e. The molecule has 1 fully saturated rings. The smallest absolute Gasteiger partial charge is 0.226 e. The number of aromatic nitrogens is 1. The Hall–Kier alpha value is -2.21. The number of hydrogen-bond acceptors (Lipinski definition) is 4. The summed E-state index contributed by atoms with van der Waals surface area (Å²) in [7, 11) is 0. The van der Waals surface area contributed by atoms with Gasteiger partial charge in [-0.05, 0) is 37.6 Å². The van der Waals surface area contributed by atoms with Gasteiger partial charge in [0, 0.05) is 17.5 Å². The molecule has 1 N–H and O–H groups in total. The molecule has 0 bridgehead atoms. The second-order valence-corrected chi connectivity index (χ2v) is 8.54. The van der Waals surface area contributed by atoms with E-state index in [4.69, 9.17) is 11.6 Å². The van der Waals surface area contributed by atoms with Crippen molar-refractivity contribution in [1.29, 1.82) is 0 Å². The third-order valence-electron chi connectivity index (χ3n) is 5.26. The lowest BCUT2D eigenvalue weighted by atomic mass is 10.1. The zero-order valence-corrected chi connectivity index (χ0v) is 17.8. The molecule has 150 valence electrons. The van der Waals surface area contributed by atoms with E-state index in [1.165, 1.54) is 29.7 Å². The van der Waals surface area contributed by atoms with E-state index in [1.807, 2.05) is 35.7 Å². The lowest BCUT2D eigenvalue weighted by Crippen LogP contribution is -2.37. The van der Waals surface area contributed by atoms with E-state index >= 15 is 0 Å². The van der Waals surface area contributed by atoms with Crippen LogP contribution >= 0.6 is 22.9 Å². The van der Waals surface area contributed by atoms with Crippen LogP contribution in [0.25, 0.3) is 10.6 Å². The van der Waals surface area contributed by atoms with Gasteiger partial charge in [0.05, 0.1) is 23.2 Å². The Morgan fingerprint density at radius 1 is 1.10 bits per heavy atom. The minimum Gasteiger partial charge on any atom is -0.354 e. The first-order valence-electron chi connectivity index (χ1n) is 9.96. The molecule has 1 atom stereocenters. The van der Waals surface area contributed by atoms with E-state index in [-0.39, 0.29) is 18.4 Å². The van der Waals surface area contributed by atoms with Crippen molar-refractivity contribution >= 4 is 28.8 Å². The third kappa shape index (κ3) is 5.04.